The van der Waals surface area contributed by atoms with Gasteiger partial charge in [-0.3, -0.25) is 5.10 Å². The topological polar surface area (TPSA) is 50.4 Å². The van der Waals surface area contributed by atoms with Gasteiger partial charge in [-0.1, -0.05) is 0 Å². The van der Waals surface area contributed by atoms with Crippen molar-refractivity contribution in [1.82, 2.24) is 10.2 Å². The summed E-state index contributed by atoms with van der Waals surface area (Å²) in [4.78, 5) is 2.28. The van der Waals surface area contributed by atoms with Crippen molar-refractivity contribution in [2.24, 2.45) is 0 Å². The molecule has 0 bridgehead atoms. The number of ether oxygens (including phenoxy) is 2. The van der Waals surface area contributed by atoms with E-state index < -0.39 is 0 Å². The van der Waals surface area contributed by atoms with E-state index in [2.05, 4.69) is 22.0 Å². The number of aromatic nitrogens is 2. The molecule has 1 atom stereocenters. The molecule has 1 N–H and O–H groups in total. The SMILES string of the molecule is COc1ccc2c(c1)N(Cc1ccn[nH]1)C[C@H](C)O2. The van der Waals surface area contributed by atoms with Crippen LogP contribution in [0, 0.1) is 0 Å². The van der Waals surface area contributed by atoms with E-state index in [0.717, 1.165) is 36.0 Å². The first-order valence-electron chi connectivity index (χ1n) is 6.34. The van der Waals surface area contributed by atoms with Crippen LogP contribution in [-0.2, 0) is 6.54 Å². The number of anilines is 1. The minimum Gasteiger partial charge on any atom is -0.497 e. The van der Waals surface area contributed by atoms with E-state index in [4.69, 9.17) is 9.47 Å². The Morgan fingerprint density at radius 1 is 1.47 bits per heavy atom. The Labute approximate surface area is 112 Å². The van der Waals surface area contributed by atoms with Gasteiger partial charge in [-0.15, -0.1) is 0 Å². The average Bonchev–Trinajstić information content (AvgIpc) is 2.91. The maximum atomic E-state index is 5.86. The third kappa shape index (κ3) is 2.36. The lowest BCUT2D eigenvalue weighted by atomic mass is 10.2. The number of nitrogens with zero attached hydrogens (tertiary/aromatic N) is 2. The van der Waals surface area contributed by atoms with Crippen LogP contribution >= 0.6 is 0 Å². The Balaban J connectivity index is 1.93. The minimum atomic E-state index is 0.170. The molecule has 0 fully saturated rings. The highest BCUT2D eigenvalue weighted by Crippen LogP contribution is 2.37. The first-order chi connectivity index (χ1) is 9.26. The lowest BCUT2D eigenvalue weighted by molar-refractivity contribution is 0.211. The zero-order chi connectivity index (χ0) is 13.2. The standard InChI is InChI=1S/C14H17N3O2/c1-10-8-17(9-11-5-6-15-16-11)13-7-12(18-2)3-4-14(13)19-10/h3-7,10H,8-9H2,1-2H3,(H,15,16)/t10-/m0/s1. The molecule has 1 aliphatic heterocycles. The van der Waals surface area contributed by atoms with Crippen molar-refractivity contribution >= 4 is 5.69 Å². The van der Waals surface area contributed by atoms with Crippen LogP contribution in [0.15, 0.2) is 30.5 Å². The first-order valence-corrected chi connectivity index (χ1v) is 6.34. The normalized spacial score (nSPS) is 17.8. The molecule has 0 saturated heterocycles. The summed E-state index contributed by atoms with van der Waals surface area (Å²) in [5, 5.41) is 6.98. The van der Waals surface area contributed by atoms with E-state index in [1.807, 2.05) is 24.3 Å². The fourth-order valence-electron chi connectivity index (χ4n) is 2.36. The highest BCUT2D eigenvalue weighted by atomic mass is 16.5. The van der Waals surface area contributed by atoms with Crippen molar-refractivity contribution < 1.29 is 9.47 Å². The molecule has 2 aromatic rings. The maximum Gasteiger partial charge on any atom is 0.143 e. The summed E-state index contributed by atoms with van der Waals surface area (Å²) in [6, 6.07) is 7.88. The van der Waals surface area contributed by atoms with Crippen molar-refractivity contribution in [3.8, 4) is 11.5 Å². The third-order valence-corrected chi connectivity index (χ3v) is 3.23. The Morgan fingerprint density at radius 3 is 3.11 bits per heavy atom. The summed E-state index contributed by atoms with van der Waals surface area (Å²) in [5.74, 6) is 1.74. The fourth-order valence-corrected chi connectivity index (χ4v) is 2.36. The number of fused-ring (bicyclic) bond motifs is 1. The predicted octanol–water partition coefficient (Wildman–Crippen LogP) is 2.21. The third-order valence-electron chi connectivity index (χ3n) is 3.23. The molecule has 2 heterocycles. The number of aromatic amines is 1. The molecule has 3 rings (SSSR count). The molecule has 1 aromatic carbocycles. The number of benzene rings is 1. The molecular formula is C14H17N3O2. The van der Waals surface area contributed by atoms with Gasteiger partial charge in [-0.25, -0.2) is 0 Å². The zero-order valence-electron chi connectivity index (χ0n) is 11.1. The van der Waals surface area contributed by atoms with Crippen LogP contribution < -0.4 is 14.4 Å². The maximum absolute atomic E-state index is 5.86. The molecule has 0 unspecified atom stereocenters. The Hall–Kier alpha value is -2.17. The van der Waals surface area contributed by atoms with Crippen LogP contribution in [0.25, 0.3) is 0 Å². The van der Waals surface area contributed by atoms with Gasteiger partial charge in [0.2, 0.25) is 0 Å². The molecule has 0 spiro atoms. The molecule has 5 nitrogen and oxygen atoms in total. The van der Waals surface area contributed by atoms with Crippen LogP contribution in [0.3, 0.4) is 0 Å². The second-order valence-corrected chi connectivity index (χ2v) is 4.72. The van der Waals surface area contributed by atoms with Crippen LogP contribution in [0.4, 0.5) is 5.69 Å². The van der Waals surface area contributed by atoms with Crippen LogP contribution in [0.2, 0.25) is 0 Å². The van der Waals surface area contributed by atoms with Crippen LogP contribution in [0.5, 0.6) is 11.5 Å². The zero-order valence-corrected chi connectivity index (χ0v) is 11.1. The highest BCUT2D eigenvalue weighted by molar-refractivity contribution is 5.63. The van der Waals surface area contributed by atoms with Gasteiger partial charge in [-0.2, -0.15) is 5.10 Å². The molecule has 0 saturated carbocycles. The Morgan fingerprint density at radius 2 is 2.37 bits per heavy atom. The Kier molecular flexibility index (Phi) is 3.03. The summed E-state index contributed by atoms with van der Waals surface area (Å²) >= 11 is 0. The monoisotopic (exact) mass is 259 g/mol. The number of nitrogens with one attached hydrogen (secondary N) is 1. The molecule has 0 aliphatic carbocycles. The summed E-state index contributed by atoms with van der Waals surface area (Å²) < 4.78 is 11.1. The van der Waals surface area contributed by atoms with Gasteiger partial charge in [0.05, 0.1) is 31.6 Å². The van der Waals surface area contributed by atoms with Gasteiger partial charge in [0.25, 0.3) is 0 Å². The average molecular weight is 259 g/mol. The van der Waals surface area contributed by atoms with Crippen molar-refractivity contribution in [3.63, 3.8) is 0 Å². The van der Waals surface area contributed by atoms with E-state index in [1.54, 1.807) is 13.3 Å². The number of H-pyrrole nitrogens is 1. The lowest BCUT2D eigenvalue weighted by Gasteiger charge is -2.34. The van der Waals surface area contributed by atoms with E-state index in [1.165, 1.54) is 0 Å². The largest absolute Gasteiger partial charge is 0.497 e. The van der Waals surface area contributed by atoms with Gasteiger partial charge in [0.15, 0.2) is 0 Å². The van der Waals surface area contributed by atoms with E-state index >= 15 is 0 Å². The summed E-state index contributed by atoms with van der Waals surface area (Å²) in [5.41, 5.74) is 2.15. The van der Waals surface area contributed by atoms with Gasteiger partial charge in [0.1, 0.15) is 17.6 Å². The smallest absolute Gasteiger partial charge is 0.143 e. The van der Waals surface area contributed by atoms with Crippen molar-refractivity contribution in [2.75, 3.05) is 18.6 Å². The molecule has 1 aliphatic rings. The highest BCUT2D eigenvalue weighted by Gasteiger charge is 2.23. The minimum absolute atomic E-state index is 0.170. The summed E-state index contributed by atoms with van der Waals surface area (Å²) in [7, 11) is 1.67. The van der Waals surface area contributed by atoms with Crippen molar-refractivity contribution in [2.45, 2.75) is 19.6 Å². The van der Waals surface area contributed by atoms with Gasteiger partial charge in [0, 0.05) is 12.3 Å². The molecular weight excluding hydrogens is 242 g/mol. The van der Waals surface area contributed by atoms with E-state index in [9.17, 15) is 0 Å². The Bertz CT molecular complexity index is 554. The quantitative estimate of drug-likeness (QED) is 0.918. The number of methoxy groups -OCH3 is 1. The van der Waals surface area contributed by atoms with Gasteiger partial charge >= 0.3 is 0 Å². The van der Waals surface area contributed by atoms with E-state index in [0.29, 0.717) is 0 Å². The molecule has 100 valence electrons. The van der Waals surface area contributed by atoms with Crippen molar-refractivity contribution in [3.05, 3.63) is 36.2 Å². The number of hydrogen-bond donors (Lipinski definition) is 1. The second kappa shape index (κ2) is 4.84. The predicted molar refractivity (Wildman–Crippen MR) is 72.7 cm³/mol. The first kappa shape index (κ1) is 11.9. The second-order valence-electron chi connectivity index (χ2n) is 4.72. The van der Waals surface area contributed by atoms with Crippen LogP contribution in [-0.4, -0.2) is 30.0 Å². The van der Waals surface area contributed by atoms with E-state index in [-0.39, 0.29) is 6.10 Å². The molecule has 0 radical (unpaired) electrons. The van der Waals surface area contributed by atoms with Crippen LogP contribution in [0.1, 0.15) is 12.6 Å². The van der Waals surface area contributed by atoms with Gasteiger partial charge in [-0.05, 0) is 25.1 Å². The fraction of sp³-hybridized carbons (Fsp3) is 0.357. The number of rotatable bonds is 3. The molecule has 5 heteroatoms. The lowest BCUT2D eigenvalue weighted by Crippen LogP contribution is -2.38. The van der Waals surface area contributed by atoms with Gasteiger partial charge < -0.3 is 14.4 Å². The summed E-state index contributed by atoms with van der Waals surface area (Å²) in [6.45, 7) is 3.71. The molecule has 0 amide bonds. The molecule has 19 heavy (non-hydrogen) atoms. The number of hydrogen-bond acceptors (Lipinski definition) is 4. The summed E-state index contributed by atoms with van der Waals surface area (Å²) in [6.07, 6.45) is 1.94. The van der Waals surface area contributed by atoms with Crippen molar-refractivity contribution in [1.29, 1.82) is 0 Å². The molecule has 1 aromatic heterocycles.